The van der Waals surface area contributed by atoms with Crippen LogP contribution in [0, 0.1) is 18.3 Å². The molecule has 134 valence electrons. The molecular formula is C19H19N3O4. The van der Waals surface area contributed by atoms with Crippen molar-refractivity contribution >= 4 is 17.8 Å². The largest absolute Gasteiger partial charge is 0.493 e. The summed E-state index contributed by atoms with van der Waals surface area (Å²) in [6, 6.07) is 6.96. The van der Waals surface area contributed by atoms with Crippen LogP contribution in [0.5, 0.6) is 11.5 Å². The van der Waals surface area contributed by atoms with Crippen LogP contribution in [0.1, 0.15) is 16.9 Å². The van der Waals surface area contributed by atoms with Gasteiger partial charge in [-0.1, -0.05) is 11.2 Å². The number of nitrogens with zero attached hydrogens (tertiary/aromatic N) is 2. The fraction of sp³-hybridized carbons (Fsp3) is 0.211. The molecule has 1 amide bonds. The summed E-state index contributed by atoms with van der Waals surface area (Å²) in [5, 5.41) is 15.5. The predicted octanol–water partition coefficient (Wildman–Crippen LogP) is 3.27. The molecule has 1 heterocycles. The van der Waals surface area contributed by atoms with E-state index in [0.29, 0.717) is 29.2 Å². The standard InChI is InChI=1S/C19H19N3O4/c1-5-6-14-8-13(10-16(24-3)18(14)25-4)9-15(11-20)19(23)21-17-7-12(2)26-22-17/h5,7-10H,1,6H2,2-4H3,(H,21,22,23)/b15-9-. The van der Waals surface area contributed by atoms with E-state index < -0.39 is 5.91 Å². The van der Waals surface area contributed by atoms with Gasteiger partial charge in [-0.25, -0.2) is 0 Å². The van der Waals surface area contributed by atoms with E-state index in [1.807, 2.05) is 12.1 Å². The SMILES string of the molecule is C=CCc1cc(/C=C(/C#N)C(=O)Nc2cc(C)on2)cc(OC)c1OC. The third kappa shape index (κ3) is 4.30. The first-order chi connectivity index (χ1) is 12.5. The van der Waals surface area contributed by atoms with Gasteiger partial charge in [0.25, 0.3) is 5.91 Å². The number of nitrogens with one attached hydrogen (secondary N) is 1. The van der Waals surface area contributed by atoms with Crippen molar-refractivity contribution in [3.63, 3.8) is 0 Å². The van der Waals surface area contributed by atoms with Crippen molar-refractivity contribution in [1.82, 2.24) is 5.16 Å². The molecule has 1 N–H and O–H groups in total. The number of rotatable bonds is 7. The van der Waals surface area contributed by atoms with E-state index in [4.69, 9.17) is 14.0 Å². The molecule has 0 aliphatic heterocycles. The van der Waals surface area contributed by atoms with E-state index in [1.54, 1.807) is 32.2 Å². The second-order valence-corrected chi connectivity index (χ2v) is 5.36. The van der Waals surface area contributed by atoms with Crippen LogP contribution in [0.25, 0.3) is 6.08 Å². The Bertz CT molecular complexity index is 891. The van der Waals surface area contributed by atoms with Gasteiger partial charge in [0.05, 0.1) is 14.2 Å². The zero-order valence-electron chi connectivity index (χ0n) is 14.8. The van der Waals surface area contributed by atoms with Crippen molar-refractivity contribution in [3.8, 4) is 17.6 Å². The summed E-state index contributed by atoms with van der Waals surface area (Å²) in [4.78, 5) is 12.3. The average molecular weight is 353 g/mol. The molecule has 0 unspecified atom stereocenters. The van der Waals surface area contributed by atoms with E-state index in [0.717, 1.165) is 5.56 Å². The normalized spacial score (nSPS) is 10.8. The minimum Gasteiger partial charge on any atom is -0.493 e. The summed E-state index contributed by atoms with van der Waals surface area (Å²) >= 11 is 0. The minimum absolute atomic E-state index is 0.0811. The van der Waals surface area contributed by atoms with Gasteiger partial charge in [0, 0.05) is 11.6 Å². The number of benzene rings is 1. The highest BCUT2D eigenvalue weighted by Crippen LogP contribution is 2.34. The highest BCUT2D eigenvalue weighted by molar-refractivity contribution is 6.09. The molecular weight excluding hydrogens is 334 g/mol. The van der Waals surface area contributed by atoms with Crippen LogP contribution < -0.4 is 14.8 Å². The van der Waals surface area contributed by atoms with Crippen LogP contribution >= 0.6 is 0 Å². The van der Waals surface area contributed by atoms with Crippen LogP contribution in [0.4, 0.5) is 5.82 Å². The molecule has 0 atom stereocenters. The second-order valence-electron chi connectivity index (χ2n) is 5.36. The Morgan fingerprint density at radius 2 is 2.15 bits per heavy atom. The van der Waals surface area contributed by atoms with E-state index in [2.05, 4.69) is 17.1 Å². The van der Waals surface area contributed by atoms with Gasteiger partial charge in [0.15, 0.2) is 17.3 Å². The lowest BCUT2D eigenvalue weighted by atomic mass is 10.0. The highest BCUT2D eigenvalue weighted by atomic mass is 16.5. The first-order valence-electron chi connectivity index (χ1n) is 7.74. The van der Waals surface area contributed by atoms with Crippen molar-refractivity contribution in [2.75, 3.05) is 19.5 Å². The van der Waals surface area contributed by atoms with Crippen LogP contribution in [0.2, 0.25) is 0 Å². The Morgan fingerprint density at radius 3 is 2.69 bits per heavy atom. The number of aryl methyl sites for hydroxylation is 1. The van der Waals surface area contributed by atoms with Crippen LogP contribution in [0.15, 0.2) is 41.0 Å². The lowest BCUT2D eigenvalue weighted by Gasteiger charge is -2.13. The second kappa shape index (κ2) is 8.53. The smallest absolute Gasteiger partial charge is 0.267 e. The summed E-state index contributed by atoms with van der Waals surface area (Å²) in [5.41, 5.74) is 1.38. The number of carbonyl (C=O) groups excluding carboxylic acids is 1. The van der Waals surface area contributed by atoms with Gasteiger partial charge in [0.1, 0.15) is 17.4 Å². The number of hydrogen-bond acceptors (Lipinski definition) is 6. The van der Waals surface area contributed by atoms with Gasteiger partial charge in [0.2, 0.25) is 0 Å². The summed E-state index contributed by atoms with van der Waals surface area (Å²) in [6.07, 6.45) is 3.75. The highest BCUT2D eigenvalue weighted by Gasteiger charge is 2.15. The minimum atomic E-state index is -0.583. The van der Waals surface area contributed by atoms with Gasteiger partial charge >= 0.3 is 0 Å². The van der Waals surface area contributed by atoms with E-state index >= 15 is 0 Å². The lowest BCUT2D eigenvalue weighted by molar-refractivity contribution is -0.112. The topological polar surface area (TPSA) is 97.4 Å². The van der Waals surface area contributed by atoms with Crippen molar-refractivity contribution in [2.24, 2.45) is 0 Å². The number of ether oxygens (including phenoxy) is 2. The maximum Gasteiger partial charge on any atom is 0.267 e. The first kappa shape index (κ1) is 18.8. The fourth-order valence-electron chi connectivity index (χ4n) is 2.38. The number of aromatic nitrogens is 1. The molecule has 0 aliphatic rings. The number of anilines is 1. The fourth-order valence-corrected chi connectivity index (χ4v) is 2.38. The Morgan fingerprint density at radius 1 is 1.38 bits per heavy atom. The van der Waals surface area contributed by atoms with Gasteiger partial charge in [-0.15, -0.1) is 6.58 Å². The molecule has 0 saturated heterocycles. The Hall–Kier alpha value is -3.53. The molecule has 2 aromatic rings. The number of carbonyl (C=O) groups is 1. The predicted molar refractivity (Wildman–Crippen MR) is 96.9 cm³/mol. The molecule has 0 bridgehead atoms. The summed E-state index contributed by atoms with van der Waals surface area (Å²) < 4.78 is 15.6. The molecule has 26 heavy (non-hydrogen) atoms. The maximum atomic E-state index is 12.3. The van der Waals surface area contributed by atoms with Gasteiger partial charge in [-0.3, -0.25) is 4.79 Å². The number of amides is 1. The summed E-state index contributed by atoms with van der Waals surface area (Å²) in [7, 11) is 3.07. The van der Waals surface area contributed by atoms with E-state index in [-0.39, 0.29) is 11.4 Å². The molecule has 0 fully saturated rings. The van der Waals surface area contributed by atoms with Crippen molar-refractivity contribution in [3.05, 3.63) is 53.3 Å². The third-order valence-corrected chi connectivity index (χ3v) is 3.49. The third-order valence-electron chi connectivity index (χ3n) is 3.49. The van der Waals surface area contributed by atoms with Crippen LogP contribution in [-0.2, 0) is 11.2 Å². The summed E-state index contributed by atoms with van der Waals surface area (Å²) in [6.45, 7) is 5.43. The number of nitriles is 1. The zero-order chi connectivity index (χ0) is 19.1. The van der Waals surface area contributed by atoms with E-state index in [1.165, 1.54) is 13.2 Å². The van der Waals surface area contributed by atoms with Crippen molar-refractivity contribution in [1.29, 1.82) is 5.26 Å². The Labute approximate surface area is 151 Å². The number of hydrogen-bond donors (Lipinski definition) is 1. The Kier molecular flexibility index (Phi) is 6.17. The average Bonchev–Trinajstić information content (AvgIpc) is 3.04. The molecule has 7 nitrogen and oxygen atoms in total. The molecule has 0 saturated carbocycles. The quantitative estimate of drug-likeness (QED) is 0.466. The zero-order valence-corrected chi connectivity index (χ0v) is 14.8. The molecule has 0 spiro atoms. The Balaban J connectivity index is 2.38. The first-order valence-corrected chi connectivity index (χ1v) is 7.74. The van der Waals surface area contributed by atoms with E-state index in [9.17, 15) is 10.1 Å². The van der Waals surface area contributed by atoms with Gasteiger partial charge in [-0.2, -0.15) is 5.26 Å². The van der Waals surface area contributed by atoms with Crippen molar-refractivity contribution < 1.29 is 18.8 Å². The molecule has 1 aromatic carbocycles. The monoisotopic (exact) mass is 353 g/mol. The molecule has 1 aromatic heterocycles. The van der Waals surface area contributed by atoms with Gasteiger partial charge < -0.3 is 19.3 Å². The van der Waals surface area contributed by atoms with Gasteiger partial charge in [-0.05, 0) is 37.1 Å². The number of methoxy groups -OCH3 is 2. The molecule has 0 radical (unpaired) electrons. The van der Waals surface area contributed by atoms with Crippen molar-refractivity contribution in [2.45, 2.75) is 13.3 Å². The van der Waals surface area contributed by atoms with Crippen LogP contribution in [-0.4, -0.2) is 25.3 Å². The van der Waals surface area contributed by atoms with Crippen LogP contribution in [0.3, 0.4) is 0 Å². The summed E-state index contributed by atoms with van der Waals surface area (Å²) in [5.74, 6) is 1.31. The molecule has 2 rings (SSSR count). The number of allylic oxidation sites excluding steroid dienone is 1. The molecule has 0 aliphatic carbocycles. The maximum absolute atomic E-state index is 12.3. The lowest BCUT2D eigenvalue weighted by Crippen LogP contribution is -2.13. The molecule has 7 heteroatoms.